The fraction of sp³-hybridized carbons (Fsp3) is 0.316. The summed E-state index contributed by atoms with van der Waals surface area (Å²) in [4.78, 5) is 14.7. The van der Waals surface area contributed by atoms with Crippen LogP contribution in [0.3, 0.4) is 0 Å². The first-order valence-corrected chi connectivity index (χ1v) is 8.02. The predicted octanol–water partition coefficient (Wildman–Crippen LogP) is 3.22. The van der Waals surface area contributed by atoms with E-state index in [1.165, 1.54) is 5.56 Å². The Morgan fingerprint density at radius 2 is 1.78 bits per heavy atom. The van der Waals surface area contributed by atoms with Crippen LogP contribution in [0.2, 0.25) is 0 Å². The largest absolute Gasteiger partial charge is 0.486 e. The Hall–Kier alpha value is -2.49. The zero-order valence-corrected chi connectivity index (χ0v) is 13.1. The van der Waals surface area contributed by atoms with Crippen molar-refractivity contribution in [2.75, 3.05) is 19.8 Å². The van der Waals surface area contributed by atoms with Crippen molar-refractivity contribution >= 4 is 5.91 Å². The molecule has 0 radical (unpaired) electrons. The Kier molecular flexibility index (Phi) is 3.45. The van der Waals surface area contributed by atoms with Crippen LogP contribution >= 0.6 is 0 Å². The van der Waals surface area contributed by atoms with Crippen LogP contribution in [0, 0.1) is 0 Å². The molecule has 4 rings (SSSR count). The van der Waals surface area contributed by atoms with Gasteiger partial charge in [-0.3, -0.25) is 4.79 Å². The quantitative estimate of drug-likeness (QED) is 0.812. The smallest absolute Gasteiger partial charge is 0.254 e. The van der Waals surface area contributed by atoms with Gasteiger partial charge >= 0.3 is 0 Å². The lowest BCUT2D eigenvalue weighted by Gasteiger charge is -2.36. The van der Waals surface area contributed by atoms with Crippen molar-refractivity contribution in [3.8, 4) is 11.5 Å². The molecule has 2 heterocycles. The minimum atomic E-state index is 0.0299. The average Bonchev–Trinajstić information content (AvgIpc) is 2.61. The molecular formula is C19H19NO3. The number of carbonyl (C=O) groups is 1. The van der Waals surface area contributed by atoms with Crippen LogP contribution in [0.5, 0.6) is 11.5 Å². The fourth-order valence-corrected chi connectivity index (χ4v) is 3.38. The second-order valence-corrected chi connectivity index (χ2v) is 5.99. The summed E-state index contributed by atoms with van der Waals surface area (Å²) in [5, 5.41) is 0. The first kappa shape index (κ1) is 14.1. The van der Waals surface area contributed by atoms with E-state index >= 15 is 0 Å². The molecule has 2 aromatic rings. The minimum Gasteiger partial charge on any atom is -0.486 e. The summed E-state index contributed by atoms with van der Waals surface area (Å²) in [6, 6.07) is 13.6. The number of nitrogens with zero attached hydrogens (tertiary/aromatic N) is 1. The van der Waals surface area contributed by atoms with E-state index in [1.54, 1.807) is 0 Å². The maximum absolute atomic E-state index is 12.8. The molecular weight excluding hydrogens is 290 g/mol. The Labute approximate surface area is 135 Å². The van der Waals surface area contributed by atoms with Crippen LogP contribution in [0.4, 0.5) is 0 Å². The number of ether oxygens (including phenoxy) is 2. The molecule has 0 spiro atoms. The highest BCUT2D eigenvalue weighted by Gasteiger charge is 2.30. The molecule has 1 amide bonds. The van der Waals surface area contributed by atoms with Gasteiger partial charge in [-0.25, -0.2) is 0 Å². The van der Waals surface area contributed by atoms with Crippen molar-refractivity contribution in [2.24, 2.45) is 0 Å². The van der Waals surface area contributed by atoms with E-state index in [0.29, 0.717) is 13.2 Å². The first-order valence-electron chi connectivity index (χ1n) is 8.02. The monoisotopic (exact) mass is 309 g/mol. The van der Waals surface area contributed by atoms with Gasteiger partial charge in [-0.2, -0.15) is 0 Å². The number of hydrogen-bond donors (Lipinski definition) is 0. The van der Waals surface area contributed by atoms with Crippen LogP contribution in [0.1, 0.15) is 34.5 Å². The molecule has 1 atom stereocenters. The van der Waals surface area contributed by atoms with Crippen LogP contribution in [-0.4, -0.2) is 30.6 Å². The molecule has 23 heavy (non-hydrogen) atoms. The lowest BCUT2D eigenvalue weighted by Crippen LogP contribution is -2.39. The molecule has 1 unspecified atom stereocenters. The summed E-state index contributed by atoms with van der Waals surface area (Å²) < 4.78 is 11.4. The molecule has 0 saturated carbocycles. The highest BCUT2D eigenvalue weighted by atomic mass is 16.6. The number of amides is 1. The molecule has 0 bridgehead atoms. The summed E-state index contributed by atoms with van der Waals surface area (Å²) in [5.74, 6) is 1.69. The van der Waals surface area contributed by atoms with Crippen molar-refractivity contribution in [1.82, 2.24) is 4.90 Å². The van der Waals surface area contributed by atoms with Crippen LogP contribution in [-0.2, 0) is 6.42 Å². The molecule has 4 heteroatoms. The third kappa shape index (κ3) is 2.44. The van der Waals surface area contributed by atoms with Crippen LogP contribution in [0.25, 0.3) is 0 Å². The Bertz CT molecular complexity index is 742. The van der Waals surface area contributed by atoms with Gasteiger partial charge in [0.1, 0.15) is 13.2 Å². The van der Waals surface area contributed by atoms with E-state index in [2.05, 4.69) is 13.0 Å². The molecule has 2 aliphatic rings. The first-order chi connectivity index (χ1) is 11.2. The third-order valence-corrected chi connectivity index (χ3v) is 4.63. The van der Waals surface area contributed by atoms with Crippen LogP contribution < -0.4 is 9.47 Å². The van der Waals surface area contributed by atoms with E-state index in [1.807, 2.05) is 41.3 Å². The maximum atomic E-state index is 12.8. The van der Waals surface area contributed by atoms with Crippen molar-refractivity contribution in [2.45, 2.75) is 19.4 Å². The third-order valence-electron chi connectivity index (χ3n) is 4.63. The van der Waals surface area contributed by atoms with Gasteiger partial charge in [0.25, 0.3) is 5.91 Å². The SMILES string of the molecule is CC1c2cc3c(cc2CCN1C(=O)c1ccccc1)OCCO3. The highest BCUT2D eigenvalue weighted by Crippen LogP contribution is 2.39. The van der Waals surface area contributed by atoms with Crippen molar-refractivity contribution in [3.05, 3.63) is 59.2 Å². The van der Waals surface area contributed by atoms with E-state index < -0.39 is 0 Å². The van der Waals surface area contributed by atoms with Gasteiger partial charge in [0.15, 0.2) is 11.5 Å². The van der Waals surface area contributed by atoms with E-state index in [4.69, 9.17) is 9.47 Å². The number of benzene rings is 2. The molecule has 0 N–H and O–H groups in total. The number of carbonyl (C=O) groups excluding carboxylic acids is 1. The summed E-state index contributed by atoms with van der Waals surface area (Å²) in [6.45, 7) is 3.98. The lowest BCUT2D eigenvalue weighted by atomic mass is 9.92. The lowest BCUT2D eigenvalue weighted by molar-refractivity contribution is 0.0676. The standard InChI is InChI=1S/C19H19NO3/c1-13-16-12-18-17(22-9-10-23-18)11-15(16)7-8-20(13)19(21)14-5-3-2-4-6-14/h2-6,11-13H,7-10H2,1H3. The summed E-state index contributed by atoms with van der Waals surface area (Å²) >= 11 is 0. The summed E-state index contributed by atoms with van der Waals surface area (Å²) in [7, 11) is 0. The second kappa shape index (κ2) is 5.61. The molecule has 4 nitrogen and oxygen atoms in total. The molecule has 2 aliphatic heterocycles. The molecule has 2 aromatic carbocycles. The van der Waals surface area contributed by atoms with E-state index in [0.717, 1.165) is 35.6 Å². The van der Waals surface area contributed by atoms with Crippen molar-refractivity contribution in [3.63, 3.8) is 0 Å². The molecule has 0 aliphatic carbocycles. The van der Waals surface area contributed by atoms with E-state index in [9.17, 15) is 4.79 Å². The average molecular weight is 309 g/mol. The fourth-order valence-electron chi connectivity index (χ4n) is 3.38. The summed E-state index contributed by atoms with van der Waals surface area (Å²) in [6.07, 6.45) is 0.842. The van der Waals surface area contributed by atoms with Crippen molar-refractivity contribution < 1.29 is 14.3 Å². The molecule has 118 valence electrons. The van der Waals surface area contributed by atoms with Crippen LogP contribution in [0.15, 0.2) is 42.5 Å². The second-order valence-electron chi connectivity index (χ2n) is 5.99. The molecule has 0 saturated heterocycles. The normalized spacial score (nSPS) is 19.2. The highest BCUT2D eigenvalue weighted by molar-refractivity contribution is 5.94. The Morgan fingerprint density at radius 3 is 2.52 bits per heavy atom. The van der Waals surface area contributed by atoms with Gasteiger partial charge < -0.3 is 14.4 Å². The summed E-state index contributed by atoms with van der Waals surface area (Å²) in [5.41, 5.74) is 3.14. The molecule has 0 aromatic heterocycles. The van der Waals surface area contributed by atoms with Gasteiger partial charge in [-0.15, -0.1) is 0 Å². The number of hydrogen-bond acceptors (Lipinski definition) is 3. The molecule has 0 fully saturated rings. The zero-order chi connectivity index (χ0) is 15.8. The predicted molar refractivity (Wildman–Crippen MR) is 87.0 cm³/mol. The van der Waals surface area contributed by atoms with Gasteiger partial charge in [0.2, 0.25) is 0 Å². The van der Waals surface area contributed by atoms with E-state index in [-0.39, 0.29) is 11.9 Å². The Balaban J connectivity index is 1.66. The van der Waals surface area contributed by atoms with Gasteiger partial charge in [-0.05, 0) is 48.7 Å². The van der Waals surface area contributed by atoms with Gasteiger partial charge in [0.05, 0.1) is 6.04 Å². The van der Waals surface area contributed by atoms with Crippen molar-refractivity contribution in [1.29, 1.82) is 0 Å². The van der Waals surface area contributed by atoms with Gasteiger partial charge in [-0.1, -0.05) is 18.2 Å². The number of rotatable bonds is 1. The topological polar surface area (TPSA) is 38.8 Å². The Morgan fingerprint density at radius 1 is 1.09 bits per heavy atom. The zero-order valence-electron chi connectivity index (χ0n) is 13.1. The van der Waals surface area contributed by atoms with Gasteiger partial charge in [0, 0.05) is 12.1 Å². The number of fused-ring (bicyclic) bond motifs is 2. The maximum Gasteiger partial charge on any atom is 0.254 e. The minimum absolute atomic E-state index is 0.0299.